The van der Waals surface area contributed by atoms with E-state index >= 15 is 0 Å². The largest absolute Gasteiger partial charge is 0.464 e. The van der Waals surface area contributed by atoms with Gasteiger partial charge in [0.2, 0.25) is 6.41 Å². The minimum atomic E-state index is -1.07. The van der Waals surface area contributed by atoms with Gasteiger partial charge in [-0.2, -0.15) is 0 Å². The van der Waals surface area contributed by atoms with E-state index in [9.17, 15) is 14.7 Å². The SMILES string of the molecule is C[C@@H](N)Cc1cn(C(=O)O)c(C(CCNC=O)[N+](C)(C)C)n1. The van der Waals surface area contributed by atoms with Crippen LogP contribution < -0.4 is 11.1 Å². The Hall–Kier alpha value is -1.93. The van der Waals surface area contributed by atoms with Crippen molar-refractivity contribution >= 4 is 12.5 Å². The van der Waals surface area contributed by atoms with Crippen molar-refractivity contribution in [3.8, 4) is 0 Å². The molecule has 0 spiro atoms. The highest BCUT2D eigenvalue weighted by Gasteiger charge is 2.32. The van der Waals surface area contributed by atoms with Crippen LogP contribution >= 0.6 is 0 Å². The zero-order valence-electron chi connectivity index (χ0n) is 13.6. The average Bonchev–Trinajstić information content (AvgIpc) is 2.75. The molecule has 0 aliphatic rings. The number of hydrogen-bond acceptors (Lipinski definition) is 4. The van der Waals surface area contributed by atoms with E-state index < -0.39 is 6.09 Å². The van der Waals surface area contributed by atoms with E-state index in [1.54, 1.807) is 0 Å². The summed E-state index contributed by atoms with van der Waals surface area (Å²) in [6.07, 6.45) is 2.20. The number of hydrogen-bond donors (Lipinski definition) is 3. The summed E-state index contributed by atoms with van der Waals surface area (Å²) in [6.45, 7) is 2.31. The van der Waals surface area contributed by atoms with E-state index in [4.69, 9.17) is 5.73 Å². The van der Waals surface area contributed by atoms with Gasteiger partial charge in [-0.05, 0) is 6.92 Å². The molecule has 0 saturated carbocycles. The van der Waals surface area contributed by atoms with Gasteiger partial charge in [0.1, 0.15) is 6.04 Å². The number of aromatic nitrogens is 2. The number of nitrogens with one attached hydrogen (secondary N) is 1. The number of rotatable bonds is 8. The molecule has 0 aliphatic heterocycles. The Balaban J connectivity index is 3.18. The van der Waals surface area contributed by atoms with Crippen LogP contribution in [0.25, 0.3) is 0 Å². The summed E-state index contributed by atoms with van der Waals surface area (Å²) in [5, 5.41) is 12.0. The first-order valence-electron chi connectivity index (χ1n) is 7.22. The maximum Gasteiger partial charge on any atom is 0.417 e. The fraction of sp³-hybridized carbons (Fsp3) is 0.643. The molecule has 124 valence electrons. The highest BCUT2D eigenvalue weighted by atomic mass is 16.4. The molecule has 0 saturated heterocycles. The van der Waals surface area contributed by atoms with Gasteiger partial charge in [-0.15, -0.1) is 0 Å². The van der Waals surface area contributed by atoms with Crippen LogP contribution in [-0.4, -0.2) is 65.4 Å². The Labute approximate surface area is 130 Å². The van der Waals surface area contributed by atoms with Crippen molar-refractivity contribution in [2.45, 2.75) is 31.8 Å². The fourth-order valence-corrected chi connectivity index (χ4v) is 2.40. The molecular formula is C14H26N5O3+. The lowest BCUT2D eigenvalue weighted by atomic mass is 10.1. The first kappa shape index (κ1) is 18.1. The summed E-state index contributed by atoms with van der Waals surface area (Å²) in [5.41, 5.74) is 6.43. The summed E-state index contributed by atoms with van der Waals surface area (Å²) in [5.74, 6) is 0.475. The van der Waals surface area contributed by atoms with E-state index in [0.29, 0.717) is 41.8 Å². The second-order valence-corrected chi connectivity index (χ2v) is 6.42. The number of imidazole rings is 1. The molecule has 0 aromatic carbocycles. The number of carboxylic acid groups (broad SMARTS) is 1. The van der Waals surface area contributed by atoms with Gasteiger partial charge >= 0.3 is 6.09 Å². The molecule has 1 rings (SSSR count). The minimum absolute atomic E-state index is 0.0932. The second kappa shape index (κ2) is 7.37. The Bertz CT molecular complexity index is 519. The standard InChI is InChI=1S/C14H25N5O3/c1-10(15)7-11-8-18(14(21)22)13(17-11)12(19(2,3)4)5-6-16-9-20/h8-10,12H,5-7,15H2,1-4H3,(H-,16,20,21,22)/p+1/t10-,12?/m1/s1. The zero-order valence-corrected chi connectivity index (χ0v) is 13.6. The third kappa shape index (κ3) is 4.81. The van der Waals surface area contributed by atoms with Crippen LogP contribution in [0.2, 0.25) is 0 Å². The predicted octanol–water partition coefficient (Wildman–Crippen LogP) is 0.182. The van der Waals surface area contributed by atoms with Gasteiger partial charge in [0.15, 0.2) is 5.82 Å². The van der Waals surface area contributed by atoms with Crippen LogP contribution in [0.5, 0.6) is 0 Å². The molecule has 8 nitrogen and oxygen atoms in total. The van der Waals surface area contributed by atoms with Gasteiger partial charge in [0.25, 0.3) is 0 Å². The van der Waals surface area contributed by atoms with Crippen molar-refractivity contribution in [2.75, 3.05) is 27.7 Å². The molecule has 1 aromatic heterocycles. The lowest BCUT2D eigenvalue weighted by molar-refractivity contribution is -0.903. The molecule has 0 fully saturated rings. The van der Waals surface area contributed by atoms with Crippen LogP contribution in [0.3, 0.4) is 0 Å². The molecule has 1 aromatic rings. The Morgan fingerprint density at radius 1 is 1.55 bits per heavy atom. The third-order valence-corrected chi connectivity index (χ3v) is 3.40. The molecular weight excluding hydrogens is 286 g/mol. The third-order valence-electron chi connectivity index (χ3n) is 3.40. The van der Waals surface area contributed by atoms with E-state index in [2.05, 4.69) is 10.3 Å². The quantitative estimate of drug-likeness (QED) is 0.360. The van der Waals surface area contributed by atoms with Gasteiger partial charge in [-0.1, -0.05) is 0 Å². The van der Waals surface area contributed by atoms with Crippen molar-refractivity contribution < 1.29 is 19.2 Å². The van der Waals surface area contributed by atoms with Crippen LogP contribution in [0.1, 0.15) is 30.9 Å². The summed E-state index contributed by atoms with van der Waals surface area (Å²) >= 11 is 0. The molecule has 1 amide bonds. The lowest BCUT2D eigenvalue weighted by Crippen LogP contribution is -2.42. The topological polar surface area (TPSA) is 110 Å². The zero-order chi connectivity index (χ0) is 16.9. The van der Waals surface area contributed by atoms with Gasteiger partial charge in [0, 0.05) is 31.6 Å². The maximum atomic E-state index is 11.5. The van der Waals surface area contributed by atoms with Crippen molar-refractivity contribution in [3.63, 3.8) is 0 Å². The van der Waals surface area contributed by atoms with Crippen LogP contribution in [-0.2, 0) is 11.2 Å². The molecule has 2 atom stereocenters. The lowest BCUT2D eigenvalue weighted by Gasteiger charge is -2.33. The highest BCUT2D eigenvalue weighted by Crippen LogP contribution is 2.26. The fourth-order valence-electron chi connectivity index (χ4n) is 2.40. The minimum Gasteiger partial charge on any atom is -0.464 e. The van der Waals surface area contributed by atoms with Crippen LogP contribution in [0, 0.1) is 0 Å². The number of nitrogens with zero attached hydrogens (tertiary/aromatic N) is 3. The normalized spacial score (nSPS) is 14.4. The van der Waals surface area contributed by atoms with E-state index in [1.165, 1.54) is 6.20 Å². The molecule has 4 N–H and O–H groups in total. The van der Waals surface area contributed by atoms with Gasteiger partial charge < -0.3 is 20.6 Å². The Kier molecular flexibility index (Phi) is 6.07. The van der Waals surface area contributed by atoms with Crippen molar-refractivity contribution in [1.29, 1.82) is 0 Å². The number of amides is 1. The molecule has 0 radical (unpaired) electrons. The van der Waals surface area contributed by atoms with Crippen LogP contribution in [0.4, 0.5) is 4.79 Å². The number of carbonyl (C=O) groups excluding carboxylic acids is 1. The first-order valence-corrected chi connectivity index (χ1v) is 7.22. The van der Waals surface area contributed by atoms with E-state index in [1.807, 2.05) is 28.1 Å². The second-order valence-electron chi connectivity index (χ2n) is 6.42. The average molecular weight is 312 g/mol. The summed E-state index contributed by atoms with van der Waals surface area (Å²) in [7, 11) is 5.91. The highest BCUT2D eigenvalue weighted by molar-refractivity contribution is 5.69. The smallest absolute Gasteiger partial charge is 0.417 e. The molecule has 22 heavy (non-hydrogen) atoms. The molecule has 1 heterocycles. The monoisotopic (exact) mass is 312 g/mol. The number of nitrogens with two attached hydrogens (primary N) is 1. The Morgan fingerprint density at radius 3 is 2.64 bits per heavy atom. The molecule has 0 bridgehead atoms. The molecule has 8 heteroatoms. The molecule has 0 aliphatic carbocycles. The maximum absolute atomic E-state index is 11.5. The van der Waals surface area contributed by atoms with E-state index in [0.717, 1.165) is 4.57 Å². The summed E-state index contributed by atoms with van der Waals surface area (Å²) < 4.78 is 1.66. The van der Waals surface area contributed by atoms with Gasteiger partial charge in [-0.3, -0.25) is 4.79 Å². The Morgan fingerprint density at radius 2 is 2.18 bits per heavy atom. The number of carbonyl (C=O) groups is 2. The van der Waals surface area contributed by atoms with Crippen molar-refractivity contribution in [1.82, 2.24) is 14.9 Å². The molecule has 1 unspecified atom stereocenters. The predicted molar refractivity (Wildman–Crippen MR) is 82.5 cm³/mol. The van der Waals surface area contributed by atoms with Crippen molar-refractivity contribution in [3.05, 3.63) is 17.7 Å². The summed E-state index contributed by atoms with van der Waals surface area (Å²) in [4.78, 5) is 26.4. The summed E-state index contributed by atoms with van der Waals surface area (Å²) in [6, 6.07) is -0.255. The van der Waals surface area contributed by atoms with Crippen molar-refractivity contribution in [2.24, 2.45) is 5.73 Å². The number of quaternary nitrogens is 1. The van der Waals surface area contributed by atoms with E-state index in [-0.39, 0.29) is 12.1 Å². The van der Waals surface area contributed by atoms with Gasteiger partial charge in [0.05, 0.1) is 26.8 Å². The van der Waals surface area contributed by atoms with Crippen LogP contribution in [0.15, 0.2) is 6.20 Å². The van der Waals surface area contributed by atoms with Gasteiger partial charge in [-0.25, -0.2) is 14.3 Å². The first-order chi connectivity index (χ1) is 10.2.